The minimum absolute atomic E-state index is 0.0535. The van der Waals surface area contributed by atoms with Crippen molar-refractivity contribution in [1.82, 2.24) is 0 Å². The second-order valence-corrected chi connectivity index (χ2v) is 7.95. The topological polar surface area (TPSA) is 102 Å². The molecule has 0 spiro atoms. The van der Waals surface area contributed by atoms with Gasteiger partial charge in [0, 0.05) is 0 Å². The summed E-state index contributed by atoms with van der Waals surface area (Å²) in [5.41, 5.74) is 1.74. The number of hydrogen-bond acceptors (Lipinski definition) is 7. The van der Waals surface area contributed by atoms with Crippen molar-refractivity contribution in [2.45, 2.75) is 43.0 Å². The van der Waals surface area contributed by atoms with Gasteiger partial charge >= 0.3 is 0 Å². The lowest BCUT2D eigenvalue weighted by Crippen LogP contribution is -2.55. The molecule has 0 saturated carbocycles. The van der Waals surface area contributed by atoms with Gasteiger partial charge in [-0.15, -0.1) is 0 Å². The average molecular weight is 394 g/mol. The van der Waals surface area contributed by atoms with E-state index in [0.29, 0.717) is 0 Å². The molecule has 1 saturated heterocycles. The van der Waals surface area contributed by atoms with Crippen molar-refractivity contribution in [2.75, 3.05) is 6.61 Å². The number of aliphatic hydroxyl groups is 2. The van der Waals surface area contributed by atoms with Crippen LogP contribution < -0.4 is 0 Å². The summed E-state index contributed by atoms with van der Waals surface area (Å²) >= 11 is 0. The maximum absolute atomic E-state index is 12.6. The van der Waals surface area contributed by atoms with Crippen molar-refractivity contribution in [1.29, 1.82) is 0 Å². The van der Waals surface area contributed by atoms with Gasteiger partial charge in [0.15, 0.2) is 12.4 Å². The number of hydrogen-bond donors (Lipinski definition) is 2. The molecule has 1 aliphatic rings. The monoisotopic (exact) mass is 394 g/mol. The minimum atomic E-state index is -4.18. The Morgan fingerprint density at radius 2 is 1.70 bits per heavy atom. The molecule has 146 valence electrons. The van der Waals surface area contributed by atoms with E-state index < -0.39 is 34.7 Å². The maximum Gasteiger partial charge on any atom is 0.297 e. The molecule has 2 N–H and O–H groups in total. The van der Waals surface area contributed by atoms with E-state index in [1.165, 1.54) is 12.1 Å². The summed E-state index contributed by atoms with van der Waals surface area (Å²) in [5.74, 6) is 0. The zero-order valence-electron chi connectivity index (χ0n) is 14.8. The first-order chi connectivity index (χ1) is 12.9. The Bertz CT molecular complexity index is 836. The summed E-state index contributed by atoms with van der Waals surface area (Å²) in [5, 5.41) is 20.3. The van der Waals surface area contributed by atoms with Crippen LogP contribution in [0.5, 0.6) is 0 Å². The van der Waals surface area contributed by atoms with Gasteiger partial charge in [-0.3, -0.25) is 4.18 Å². The van der Waals surface area contributed by atoms with Crippen molar-refractivity contribution in [3.63, 3.8) is 0 Å². The van der Waals surface area contributed by atoms with E-state index in [0.717, 1.165) is 11.1 Å². The highest BCUT2D eigenvalue weighted by molar-refractivity contribution is 7.86. The third-order valence-electron chi connectivity index (χ3n) is 4.25. The SMILES string of the molecule is Cc1ccc(S(=O)(=O)O[C@@H]2[C@@H](OCc3ccccc3)[C@@H](O)CO[C@@H]2O)cc1. The third kappa shape index (κ3) is 4.92. The number of aliphatic hydroxyl groups excluding tert-OH is 2. The molecule has 0 amide bonds. The smallest absolute Gasteiger partial charge is 0.297 e. The van der Waals surface area contributed by atoms with E-state index >= 15 is 0 Å². The number of benzene rings is 2. The molecule has 0 radical (unpaired) electrons. The lowest BCUT2D eigenvalue weighted by atomic mass is 10.1. The second-order valence-electron chi connectivity index (χ2n) is 6.38. The van der Waals surface area contributed by atoms with E-state index in [1.54, 1.807) is 12.1 Å². The van der Waals surface area contributed by atoms with Crippen LogP contribution in [0, 0.1) is 6.92 Å². The summed E-state index contributed by atoms with van der Waals surface area (Å²) in [6.07, 6.45) is -5.16. The van der Waals surface area contributed by atoms with Crippen LogP contribution >= 0.6 is 0 Å². The Morgan fingerprint density at radius 3 is 2.37 bits per heavy atom. The van der Waals surface area contributed by atoms with Gasteiger partial charge in [-0.1, -0.05) is 48.0 Å². The van der Waals surface area contributed by atoms with Crippen LogP contribution in [0.15, 0.2) is 59.5 Å². The predicted octanol–water partition coefficient (Wildman–Crippen LogP) is 1.36. The molecule has 27 heavy (non-hydrogen) atoms. The molecule has 0 unspecified atom stereocenters. The summed E-state index contributed by atoms with van der Waals surface area (Å²) in [4.78, 5) is -0.0535. The molecule has 1 heterocycles. The van der Waals surface area contributed by atoms with Crippen LogP contribution in [-0.4, -0.2) is 49.8 Å². The zero-order chi connectivity index (χ0) is 19.4. The molecule has 4 atom stereocenters. The van der Waals surface area contributed by atoms with Crippen molar-refractivity contribution >= 4 is 10.1 Å². The molecule has 2 aromatic carbocycles. The van der Waals surface area contributed by atoms with Gasteiger partial charge in [-0.05, 0) is 24.6 Å². The summed E-state index contributed by atoms with van der Waals surface area (Å²) < 4.78 is 41.0. The van der Waals surface area contributed by atoms with Gasteiger partial charge in [0.05, 0.1) is 18.1 Å². The minimum Gasteiger partial charge on any atom is -0.388 e. The largest absolute Gasteiger partial charge is 0.388 e. The van der Waals surface area contributed by atoms with E-state index in [1.807, 2.05) is 37.3 Å². The second kappa shape index (κ2) is 8.47. The number of rotatable bonds is 6. The van der Waals surface area contributed by atoms with E-state index in [-0.39, 0.29) is 18.1 Å². The normalized spacial score (nSPS) is 26.0. The van der Waals surface area contributed by atoms with E-state index in [4.69, 9.17) is 13.7 Å². The summed E-state index contributed by atoms with van der Waals surface area (Å²) in [7, 11) is -4.18. The van der Waals surface area contributed by atoms with Crippen molar-refractivity contribution in [3.8, 4) is 0 Å². The highest BCUT2D eigenvalue weighted by atomic mass is 32.2. The van der Waals surface area contributed by atoms with Crippen LogP contribution in [0.4, 0.5) is 0 Å². The first-order valence-corrected chi connectivity index (χ1v) is 9.91. The standard InChI is InChI=1S/C19H22O7S/c1-13-7-9-15(10-8-13)27(22,23)26-18-17(16(20)12-25-19(18)21)24-11-14-5-3-2-4-6-14/h2-10,16-21H,11-12H2,1H3/t16-,17-,18+,19-/m0/s1. The highest BCUT2D eigenvalue weighted by Crippen LogP contribution is 2.25. The Labute approximate surface area is 158 Å². The Balaban J connectivity index is 1.77. The molecule has 7 nitrogen and oxygen atoms in total. The van der Waals surface area contributed by atoms with Crippen LogP contribution in [-0.2, 0) is 30.4 Å². The van der Waals surface area contributed by atoms with Crippen LogP contribution in [0.1, 0.15) is 11.1 Å². The fourth-order valence-electron chi connectivity index (χ4n) is 2.75. The van der Waals surface area contributed by atoms with Gasteiger partial charge < -0.3 is 19.7 Å². The number of aryl methyl sites for hydroxylation is 1. The molecule has 1 aliphatic heterocycles. The van der Waals surface area contributed by atoms with Gasteiger partial charge in [-0.2, -0.15) is 8.42 Å². The zero-order valence-corrected chi connectivity index (χ0v) is 15.6. The van der Waals surface area contributed by atoms with Crippen molar-refractivity contribution < 1.29 is 32.3 Å². The molecule has 0 aromatic heterocycles. The Hall–Kier alpha value is -1.81. The van der Waals surface area contributed by atoms with Gasteiger partial charge in [0.25, 0.3) is 10.1 Å². The lowest BCUT2D eigenvalue weighted by Gasteiger charge is -2.37. The molecule has 0 bridgehead atoms. The summed E-state index contributed by atoms with van der Waals surface area (Å²) in [6.45, 7) is 1.77. The molecular formula is C19H22O7S. The first kappa shape index (κ1) is 19.9. The molecule has 3 rings (SSSR count). The number of ether oxygens (including phenoxy) is 2. The first-order valence-electron chi connectivity index (χ1n) is 8.50. The van der Waals surface area contributed by atoms with Crippen LogP contribution in [0.25, 0.3) is 0 Å². The maximum atomic E-state index is 12.6. The summed E-state index contributed by atoms with van der Waals surface area (Å²) in [6, 6.07) is 15.3. The molecular weight excluding hydrogens is 372 g/mol. The van der Waals surface area contributed by atoms with Crippen molar-refractivity contribution in [2.24, 2.45) is 0 Å². The highest BCUT2D eigenvalue weighted by Gasteiger charge is 2.43. The average Bonchev–Trinajstić information content (AvgIpc) is 2.65. The fraction of sp³-hybridized carbons (Fsp3) is 0.368. The Morgan fingerprint density at radius 1 is 1.04 bits per heavy atom. The Kier molecular flexibility index (Phi) is 6.25. The van der Waals surface area contributed by atoms with E-state index in [9.17, 15) is 18.6 Å². The van der Waals surface area contributed by atoms with Gasteiger partial charge in [0.2, 0.25) is 0 Å². The van der Waals surface area contributed by atoms with Gasteiger partial charge in [0.1, 0.15) is 12.2 Å². The molecule has 0 aliphatic carbocycles. The molecule has 2 aromatic rings. The van der Waals surface area contributed by atoms with Crippen LogP contribution in [0.3, 0.4) is 0 Å². The fourth-order valence-corrected chi connectivity index (χ4v) is 3.83. The lowest BCUT2D eigenvalue weighted by molar-refractivity contribution is -0.256. The third-order valence-corrected chi connectivity index (χ3v) is 5.58. The van der Waals surface area contributed by atoms with Crippen molar-refractivity contribution in [3.05, 3.63) is 65.7 Å². The quantitative estimate of drug-likeness (QED) is 0.713. The van der Waals surface area contributed by atoms with E-state index in [2.05, 4.69) is 0 Å². The molecule has 8 heteroatoms. The molecule has 1 fully saturated rings. The predicted molar refractivity (Wildman–Crippen MR) is 96.2 cm³/mol. The van der Waals surface area contributed by atoms with Gasteiger partial charge in [-0.25, -0.2) is 0 Å². The van der Waals surface area contributed by atoms with Crippen LogP contribution in [0.2, 0.25) is 0 Å².